The van der Waals surface area contributed by atoms with E-state index < -0.39 is 0 Å². The van der Waals surface area contributed by atoms with E-state index in [2.05, 4.69) is 75.0 Å². The number of nitrogens with zero attached hydrogens (tertiary/aromatic N) is 4. The Morgan fingerprint density at radius 3 is 2.43 bits per heavy atom. The largest absolute Gasteiger partial charge is 0.288 e. The molecule has 4 aromatic heterocycles. The van der Waals surface area contributed by atoms with Crippen molar-refractivity contribution in [2.75, 3.05) is 0 Å². The quantitative estimate of drug-likeness (QED) is 0.243. The summed E-state index contributed by atoms with van der Waals surface area (Å²) in [6, 6.07) is 24.5. The van der Waals surface area contributed by atoms with Crippen LogP contribution in [0.15, 0.2) is 85.3 Å². The minimum atomic E-state index is 0.765. The molecule has 35 heavy (non-hydrogen) atoms. The highest BCUT2D eigenvalue weighted by molar-refractivity contribution is 6.15. The summed E-state index contributed by atoms with van der Waals surface area (Å²) in [5.74, 6) is 0. The molecular weight excluding hydrogens is 428 g/mol. The third kappa shape index (κ3) is 2.15. The molecule has 0 bridgehead atoms. The smallest absolute Gasteiger partial charge is 0.178 e. The molecule has 0 amide bonds. The van der Waals surface area contributed by atoms with E-state index in [1.165, 1.54) is 55.3 Å². The summed E-state index contributed by atoms with van der Waals surface area (Å²) in [4.78, 5) is 14.0. The Kier molecular flexibility index (Phi) is 3.11. The fourth-order valence-electron chi connectivity index (χ4n) is 6.49. The molecular formula is C31H18N4. The molecule has 0 atom stereocenters. The van der Waals surface area contributed by atoms with Crippen LogP contribution < -0.4 is 0 Å². The van der Waals surface area contributed by atoms with E-state index in [0.717, 1.165) is 40.6 Å². The van der Waals surface area contributed by atoms with Crippen molar-refractivity contribution in [1.82, 2.24) is 19.4 Å². The monoisotopic (exact) mass is 446 g/mol. The number of hydrogen-bond acceptors (Lipinski definition) is 3. The molecule has 0 N–H and O–H groups in total. The van der Waals surface area contributed by atoms with Crippen molar-refractivity contribution in [3.05, 3.63) is 108 Å². The van der Waals surface area contributed by atoms with Gasteiger partial charge in [-0.25, -0.2) is 9.97 Å². The van der Waals surface area contributed by atoms with E-state index in [9.17, 15) is 0 Å². The lowest BCUT2D eigenvalue weighted by molar-refractivity contribution is 1.23. The maximum atomic E-state index is 5.01. The Balaban J connectivity index is 1.45. The third-order valence-electron chi connectivity index (χ3n) is 7.94. The zero-order valence-corrected chi connectivity index (χ0v) is 18.8. The highest BCUT2D eigenvalue weighted by Gasteiger charge is 2.29. The Bertz CT molecular complexity index is 2070. The van der Waals surface area contributed by atoms with Gasteiger partial charge >= 0.3 is 0 Å². The number of benzene rings is 3. The molecule has 2 aliphatic rings. The first-order valence-corrected chi connectivity index (χ1v) is 12.0. The van der Waals surface area contributed by atoms with Gasteiger partial charge in [-0.05, 0) is 93.1 Å². The molecule has 0 unspecified atom stereocenters. The van der Waals surface area contributed by atoms with Crippen LogP contribution in [0, 0.1) is 0 Å². The molecule has 7 aromatic rings. The molecule has 0 fully saturated rings. The molecule has 4 nitrogen and oxygen atoms in total. The van der Waals surface area contributed by atoms with E-state index in [4.69, 9.17) is 4.98 Å². The maximum absolute atomic E-state index is 5.01. The first-order valence-electron chi connectivity index (χ1n) is 12.0. The Morgan fingerprint density at radius 1 is 0.629 bits per heavy atom. The molecule has 4 heteroatoms. The topological polar surface area (TPSA) is 43.1 Å². The average Bonchev–Trinajstić information content (AvgIpc) is 3.58. The van der Waals surface area contributed by atoms with Crippen molar-refractivity contribution in [3.63, 3.8) is 0 Å². The van der Waals surface area contributed by atoms with E-state index in [1.807, 2.05) is 24.7 Å². The number of rotatable bonds is 0. The average molecular weight is 447 g/mol. The van der Waals surface area contributed by atoms with Crippen LogP contribution in [-0.4, -0.2) is 19.4 Å². The first kappa shape index (κ1) is 17.8. The lowest BCUT2D eigenvalue weighted by Gasteiger charge is -2.13. The highest BCUT2D eigenvalue weighted by Crippen LogP contribution is 2.50. The Labute approximate surface area is 200 Å². The van der Waals surface area contributed by atoms with Crippen LogP contribution in [0.25, 0.3) is 60.7 Å². The molecule has 0 aliphatic heterocycles. The molecule has 162 valence electrons. The fraction of sp³-hybridized carbons (Fsp3) is 0.0645. The van der Waals surface area contributed by atoms with Gasteiger partial charge in [0.25, 0.3) is 0 Å². The van der Waals surface area contributed by atoms with Gasteiger partial charge < -0.3 is 0 Å². The van der Waals surface area contributed by atoms with E-state index in [-0.39, 0.29) is 0 Å². The maximum Gasteiger partial charge on any atom is 0.178 e. The minimum absolute atomic E-state index is 0.765. The van der Waals surface area contributed by atoms with Crippen molar-refractivity contribution < 1.29 is 0 Å². The first-order chi connectivity index (χ1) is 17.3. The standard InChI is InChI=1S/C31H18N4/c1-2-5-21-17(4-1)12-18-7-8-19-13-20-14-24-22-9-11-32-16-27(22)35-26-6-3-10-33-30(26)34-31(35)25(24)15-23(20)29(19)28(18)21/h1-11,14-16H,12-13H2. The van der Waals surface area contributed by atoms with Crippen molar-refractivity contribution in [1.29, 1.82) is 0 Å². The summed E-state index contributed by atoms with van der Waals surface area (Å²) in [5, 5.41) is 3.59. The zero-order chi connectivity index (χ0) is 22.7. The van der Waals surface area contributed by atoms with Gasteiger partial charge in [-0.1, -0.05) is 36.4 Å². The SMILES string of the molecule is c1ccc2c(c1)Cc1ccc3c(c1-2)-c1cc2c(cc1C3)c1ccncc1n1c3cccnc3nc21. The fourth-order valence-corrected chi connectivity index (χ4v) is 6.49. The molecule has 0 saturated heterocycles. The van der Waals surface area contributed by atoms with Gasteiger partial charge in [0.15, 0.2) is 5.65 Å². The molecule has 9 rings (SSSR count). The van der Waals surface area contributed by atoms with Crippen molar-refractivity contribution in [2.24, 2.45) is 0 Å². The number of fused-ring (bicyclic) bond motifs is 15. The van der Waals surface area contributed by atoms with Crippen molar-refractivity contribution in [3.8, 4) is 22.3 Å². The van der Waals surface area contributed by atoms with Crippen LogP contribution in [-0.2, 0) is 12.8 Å². The van der Waals surface area contributed by atoms with Gasteiger partial charge in [0.05, 0.1) is 17.2 Å². The summed E-state index contributed by atoms with van der Waals surface area (Å²) in [6.07, 6.45) is 7.62. The predicted octanol–water partition coefficient (Wildman–Crippen LogP) is 6.73. The second-order valence-corrected chi connectivity index (χ2v) is 9.71. The second kappa shape index (κ2) is 6.10. The molecule has 0 spiro atoms. The Morgan fingerprint density at radius 2 is 1.49 bits per heavy atom. The van der Waals surface area contributed by atoms with Crippen molar-refractivity contribution >= 4 is 38.5 Å². The number of aromatic nitrogens is 4. The van der Waals surface area contributed by atoms with E-state index >= 15 is 0 Å². The van der Waals surface area contributed by atoms with Crippen LogP contribution in [0.3, 0.4) is 0 Å². The van der Waals surface area contributed by atoms with E-state index in [0.29, 0.717) is 0 Å². The summed E-state index contributed by atoms with van der Waals surface area (Å²) >= 11 is 0. The normalized spacial score (nSPS) is 13.5. The third-order valence-corrected chi connectivity index (χ3v) is 7.94. The minimum Gasteiger partial charge on any atom is -0.288 e. The predicted molar refractivity (Wildman–Crippen MR) is 140 cm³/mol. The lowest BCUT2D eigenvalue weighted by Crippen LogP contribution is -1.94. The molecule has 0 saturated carbocycles. The van der Waals surface area contributed by atoms with Gasteiger partial charge in [-0.15, -0.1) is 0 Å². The van der Waals surface area contributed by atoms with Crippen LogP contribution in [0.1, 0.15) is 22.3 Å². The molecule has 0 radical (unpaired) electrons. The Hall–Kier alpha value is -4.57. The van der Waals surface area contributed by atoms with E-state index in [1.54, 1.807) is 0 Å². The summed E-state index contributed by atoms with van der Waals surface area (Å²) < 4.78 is 2.22. The summed E-state index contributed by atoms with van der Waals surface area (Å²) in [5.41, 5.74) is 15.0. The van der Waals surface area contributed by atoms with Crippen LogP contribution in [0.5, 0.6) is 0 Å². The zero-order valence-electron chi connectivity index (χ0n) is 18.8. The molecule has 4 heterocycles. The number of imidazole rings is 1. The van der Waals surface area contributed by atoms with Crippen LogP contribution in [0.2, 0.25) is 0 Å². The molecule has 2 aliphatic carbocycles. The summed E-state index contributed by atoms with van der Waals surface area (Å²) in [6.45, 7) is 0. The van der Waals surface area contributed by atoms with Gasteiger partial charge in [-0.3, -0.25) is 9.38 Å². The van der Waals surface area contributed by atoms with Crippen molar-refractivity contribution in [2.45, 2.75) is 12.8 Å². The molecule has 3 aromatic carbocycles. The number of pyridine rings is 3. The number of hydrogen-bond donors (Lipinski definition) is 0. The van der Waals surface area contributed by atoms with Gasteiger partial charge in [0.2, 0.25) is 0 Å². The highest BCUT2D eigenvalue weighted by atomic mass is 15.1. The van der Waals surface area contributed by atoms with Gasteiger partial charge in [0, 0.05) is 23.2 Å². The second-order valence-electron chi connectivity index (χ2n) is 9.71. The van der Waals surface area contributed by atoms with Gasteiger partial charge in [-0.2, -0.15) is 0 Å². The van der Waals surface area contributed by atoms with Crippen LogP contribution >= 0.6 is 0 Å². The lowest BCUT2D eigenvalue weighted by atomic mass is 9.92. The summed E-state index contributed by atoms with van der Waals surface area (Å²) in [7, 11) is 0. The van der Waals surface area contributed by atoms with Crippen LogP contribution in [0.4, 0.5) is 0 Å². The van der Waals surface area contributed by atoms with Gasteiger partial charge in [0.1, 0.15) is 5.65 Å².